The molecule has 0 unspecified atom stereocenters. The van der Waals surface area contributed by atoms with Crippen LogP contribution in [0, 0.1) is 17.7 Å². The molecule has 3 atom stereocenters. The van der Waals surface area contributed by atoms with Gasteiger partial charge in [0.2, 0.25) is 24.1 Å². The summed E-state index contributed by atoms with van der Waals surface area (Å²) >= 11 is 0. The number of benzene rings is 2. The number of amides is 4. The summed E-state index contributed by atoms with van der Waals surface area (Å²) in [7, 11) is 0. The van der Waals surface area contributed by atoms with E-state index >= 15 is 4.39 Å². The van der Waals surface area contributed by atoms with E-state index in [0.717, 1.165) is 32.2 Å². The lowest BCUT2D eigenvalue weighted by Gasteiger charge is -2.38. The minimum Gasteiger partial charge on any atom is -0.344 e. The van der Waals surface area contributed by atoms with Gasteiger partial charge in [0.15, 0.2) is 0 Å². The second-order valence-electron chi connectivity index (χ2n) is 14.0. The molecule has 3 aromatic rings. The Morgan fingerprint density at radius 1 is 1.00 bits per heavy atom. The highest BCUT2D eigenvalue weighted by atomic mass is 19.1. The van der Waals surface area contributed by atoms with Crippen LogP contribution in [0.2, 0.25) is 0 Å². The fourth-order valence-electron chi connectivity index (χ4n) is 7.38. The number of hydrogen-bond acceptors (Lipinski definition) is 6. The fraction of sp³-hybridized carbons (Fsp3) is 0.513. The van der Waals surface area contributed by atoms with Gasteiger partial charge < -0.3 is 15.5 Å². The number of anilines is 2. The molecular formula is C39H52FN7O4. The number of aryl methyl sites for hydroxylation is 1. The molecule has 2 heterocycles. The molecule has 2 fully saturated rings. The molecule has 2 aromatic carbocycles. The Labute approximate surface area is 300 Å². The molecule has 1 aromatic heterocycles. The number of nitrogens with one attached hydrogen (secondary N) is 2. The van der Waals surface area contributed by atoms with Crippen LogP contribution in [0.15, 0.2) is 60.8 Å². The van der Waals surface area contributed by atoms with E-state index in [1.165, 1.54) is 22.6 Å². The Morgan fingerprint density at radius 2 is 1.71 bits per heavy atom. The predicted octanol–water partition coefficient (Wildman–Crippen LogP) is 5.18. The van der Waals surface area contributed by atoms with Crippen molar-refractivity contribution in [3.8, 4) is 0 Å². The maximum absolute atomic E-state index is 15.9. The molecular weight excluding hydrogens is 649 g/mol. The molecule has 1 saturated carbocycles. The van der Waals surface area contributed by atoms with Crippen molar-refractivity contribution in [3.63, 3.8) is 0 Å². The van der Waals surface area contributed by atoms with E-state index in [1.807, 2.05) is 25.1 Å². The maximum atomic E-state index is 15.9. The van der Waals surface area contributed by atoms with Crippen LogP contribution in [0.1, 0.15) is 76.8 Å². The highest BCUT2D eigenvalue weighted by molar-refractivity contribution is 6.00. The molecule has 51 heavy (non-hydrogen) atoms. The Morgan fingerprint density at radius 3 is 2.33 bits per heavy atom. The number of rotatable bonds is 14. The lowest BCUT2D eigenvalue weighted by atomic mass is 9.78. The molecule has 1 aliphatic carbocycles. The number of halogens is 1. The first kappa shape index (κ1) is 37.7. The number of piperazine rings is 1. The van der Waals surface area contributed by atoms with Crippen molar-refractivity contribution < 1.29 is 23.6 Å². The minimum absolute atomic E-state index is 0.0185. The van der Waals surface area contributed by atoms with Crippen LogP contribution >= 0.6 is 0 Å². The molecule has 0 radical (unpaired) electrons. The van der Waals surface area contributed by atoms with E-state index in [0.29, 0.717) is 56.4 Å². The summed E-state index contributed by atoms with van der Waals surface area (Å²) in [6.45, 7) is 11.4. The van der Waals surface area contributed by atoms with Gasteiger partial charge in [-0.1, -0.05) is 70.0 Å². The largest absolute Gasteiger partial charge is 0.344 e. The summed E-state index contributed by atoms with van der Waals surface area (Å²) in [5, 5.41) is 9.96. The van der Waals surface area contributed by atoms with Gasteiger partial charge in [-0.15, -0.1) is 0 Å². The second kappa shape index (κ2) is 17.6. The summed E-state index contributed by atoms with van der Waals surface area (Å²) in [5.74, 6) is -1.22. The summed E-state index contributed by atoms with van der Waals surface area (Å²) < 4.78 is 17.5. The monoisotopic (exact) mass is 701 g/mol. The van der Waals surface area contributed by atoms with Gasteiger partial charge in [-0.05, 0) is 54.9 Å². The molecule has 12 heteroatoms. The quantitative estimate of drug-likeness (QED) is 0.224. The van der Waals surface area contributed by atoms with Crippen LogP contribution in [0.3, 0.4) is 0 Å². The van der Waals surface area contributed by atoms with Crippen LogP contribution in [0.4, 0.5) is 15.9 Å². The Bertz CT molecular complexity index is 1630. The molecule has 2 aliphatic rings. The van der Waals surface area contributed by atoms with Crippen LogP contribution in [-0.2, 0) is 32.3 Å². The third kappa shape index (κ3) is 9.21. The second-order valence-corrected chi connectivity index (χ2v) is 14.0. The first-order chi connectivity index (χ1) is 24.6. The third-order valence-electron chi connectivity index (χ3n) is 10.6. The molecule has 4 amide bonds. The van der Waals surface area contributed by atoms with E-state index in [9.17, 15) is 19.2 Å². The topological polar surface area (TPSA) is 120 Å². The van der Waals surface area contributed by atoms with Gasteiger partial charge >= 0.3 is 0 Å². The van der Waals surface area contributed by atoms with Gasteiger partial charge in [0.05, 0.1) is 11.9 Å². The van der Waals surface area contributed by atoms with Crippen molar-refractivity contribution in [2.24, 2.45) is 11.8 Å². The Kier molecular flexibility index (Phi) is 13.0. The van der Waals surface area contributed by atoms with Gasteiger partial charge in [0.25, 0.3) is 0 Å². The fourth-order valence-corrected chi connectivity index (χ4v) is 7.38. The SMILES string of the molecule is CCC(=O)N[C@@H](C(=O)N1CCN(Cc2ccccc2)CC1)[C@@H](C)c1ccc(NC(=O)[C@H](C2CCC(C)CC2)N(C=O)c2ccnn2CC)c(F)c1. The third-order valence-corrected chi connectivity index (χ3v) is 10.6. The van der Waals surface area contributed by atoms with E-state index in [-0.39, 0.29) is 29.8 Å². The molecule has 274 valence electrons. The number of hydrogen-bond donors (Lipinski definition) is 2. The van der Waals surface area contributed by atoms with Crippen molar-refractivity contribution >= 4 is 35.6 Å². The lowest BCUT2D eigenvalue weighted by molar-refractivity contribution is -0.138. The normalized spacial score (nSPS) is 19.8. The average Bonchev–Trinajstić information content (AvgIpc) is 3.63. The first-order valence-corrected chi connectivity index (χ1v) is 18.3. The highest BCUT2D eigenvalue weighted by Crippen LogP contribution is 2.35. The van der Waals surface area contributed by atoms with Gasteiger partial charge in [-0.2, -0.15) is 5.10 Å². The van der Waals surface area contributed by atoms with Crippen molar-refractivity contribution in [1.82, 2.24) is 24.9 Å². The van der Waals surface area contributed by atoms with Crippen molar-refractivity contribution in [2.45, 2.75) is 90.9 Å². The summed E-state index contributed by atoms with van der Waals surface area (Å²) in [6, 6.07) is 14.7. The van der Waals surface area contributed by atoms with E-state index in [4.69, 9.17) is 0 Å². The van der Waals surface area contributed by atoms with Gasteiger partial charge in [-0.25, -0.2) is 9.07 Å². The maximum Gasteiger partial charge on any atom is 0.247 e. The van der Waals surface area contributed by atoms with E-state index in [2.05, 4.69) is 39.7 Å². The zero-order valence-electron chi connectivity index (χ0n) is 30.3. The number of carbonyl (C=O) groups is 4. The van der Waals surface area contributed by atoms with Gasteiger partial charge in [-0.3, -0.25) is 29.0 Å². The summed E-state index contributed by atoms with van der Waals surface area (Å²) in [6.07, 6.45) is 5.88. The average molecular weight is 702 g/mol. The highest BCUT2D eigenvalue weighted by Gasteiger charge is 2.38. The van der Waals surface area contributed by atoms with Crippen LogP contribution in [0.5, 0.6) is 0 Å². The van der Waals surface area contributed by atoms with E-state index < -0.39 is 29.7 Å². The molecule has 5 rings (SSSR count). The lowest BCUT2D eigenvalue weighted by Crippen LogP contribution is -2.56. The number of aromatic nitrogens is 2. The first-order valence-electron chi connectivity index (χ1n) is 18.3. The summed E-state index contributed by atoms with van der Waals surface area (Å²) in [5.41, 5.74) is 1.71. The van der Waals surface area contributed by atoms with E-state index in [1.54, 1.807) is 41.8 Å². The molecule has 11 nitrogen and oxygen atoms in total. The number of carbonyl (C=O) groups excluding carboxylic acids is 4. The Balaban J connectivity index is 1.31. The van der Waals surface area contributed by atoms with Crippen molar-refractivity contribution in [1.29, 1.82) is 0 Å². The number of nitrogens with zero attached hydrogens (tertiary/aromatic N) is 5. The van der Waals surface area contributed by atoms with Gasteiger partial charge in [0.1, 0.15) is 23.7 Å². The van der Waals surface area contributed by atoms with Crippen LogP contribution < -0.4 is 15.5 Å². The minimum atomic E-state index is -0.888. The molecule has 0 bridgehead atoms. The molecule has 1 aliphatic heterocycles. The molecule has 2 N–H and O–H groups in total. The predicted molar refractivity (Wildman–Crippen MR) is 195 cm³/mol. The zero-order valence-corrected chi connectivity index (χ0v) is 30.3. The zero-order chi connectivity index (χ0) is 36.5. The summed E-state index contributed by atoms with van der Waals surface area (Å²) in [4.78, 5) is 58.6. The standard InChI is InChI=1S/C39H52FN7O4/c1-5-34(49)43-36(39(51)45-22-20-44(21-23-45)25-29-10-8-7-9-11-29)28(4)31-16-17-33(32(40)24-31)42-38(50)37(30-14-12-27(3)13-15-30)46(26-48)35-18-19-41-47(35)6-2/h7-11,16-19,24,26-28,30,36-37H,5-6,12-15,20-23,25H2,1-4H3,(H,42,50)(H,43,49)/t27?,28-,30?,36+,37-/m0/s1. The van der Waals surface area contributed by atoms with Gasteiger partial charge in [0, 0.05) is 57.7 Å². The molecule has 1 saturated heterocycles. The van der Waals surface area contributed by atoms with Crippen molar-refractivity contribution in [3.05, 3.63) is 77.7 Å². The smallest absolute Gasteiger partial charge is 0.247 e. The van der Waals surface area contributed by atoms with Crippen molar-refractivity contribution in [2.75, 3.05) is 36.4 Å². The van der Waals surface area contributed by atoms with Crippen LogP contribution in [0.25, 0.3) is 0 Å². The Hall–Kier alpha value is -4.58. The molecule has 0 spiro atoms. The van der Waals surface area contributed by atoms with Crippen LogP contribution in [-0.4, -0.2) is 82.0 Å².